The number of rotatable bonds is 13. The van der Waals surface area contributed by atoms with Crippen LogP contribution in [-0.4, -0.2) is 78.4 Å². The van der Waals surface area contributed by atoms with Crippen molar-refractivity contribution in [3.8, 4) is 11.1 Å². The number of hydrogen-bond donors (Lipinski definition) is 2. The highest BCUT2D eigenvalue weighted by atomic mass is 32.2. The fourth-order valence-corrected chi connectivity index (χ4v) is 6.49. The van der Waals surface area contributed by atoms with Crippen LogP contribution in [0.5, 0.6) is 0 Å². The van der Waals surface area contributed by atoms with Gasteiger partial charge in [-0.05, 0) is 79.0 Å². The summed E-state index contributed by atoms with van der Waals surface area (Å²) in [6.07, 6.45) is 10.00. The summed E-state index contributed by atoms with van der Waals surface area (Å²) in [5.74, 6) is -0.720. The number of nitrogens with zero attached hydrogens (tertiary/aromatic N) is 1. The molecule has 1 aliphatic heterocycles. The number of carbonyl (C=O) groups is 2. The highest BCUT2D eigenvalue weighted by molar-refractivity contribution is 7.98. The number of likely N-dealkylation sites (tertiary alicyclic amines) is 1. The van der Waals surface area contributed by atoms with Gasteiger partial charge in [0.25, 0.3) is 5.91 Å². The fourth-order valence-electron chi connectivity index (χ4n) is 6.02. The lowest BCUT2D eigenvalue weighted by molar-refractivity contribution is -0.139. The summed E-state index contributed by atoms with van der Waals surface area (Å²) < 4.78 is 12.1. The first-order valence-corrected chi connectivity index (χ1v) is 15.9. The van der Waals surface area contributed by atoms with Crippen molar-refractivity contribution in [3.63, 3.8) is 0 Å². The van der Waals surface area contributed by atoms with E-state index in [4.69, 9.17) is 9.47 Å². The van der Waals surface area contributed by atoms with Gasteiger partial charge in [-0.1, -0.05) is 49.6 Å². The first-order valence-electron chi connectivity index (χ1n) is 14.5. The smallest absolute Gasteiger partial charge is 0.326 e. The number of carbonyl (C=O) groups excluding carboxylic acids is 1. The molecule has 7 nitrogen and oxygen atoms in total. The summed E-state index contributed by atoms with van der Waals surface area (Å²) in [5, 5.41) is 12.4. The highest BCUT2D eigenvalue weighted by Crippen LogP contribution is 2.31. The van der Waals surface area contributed by atoms with Gasteiger partial charge in [0.15, 0.2) is 0 Å². The van der Waals surface area contributed by atoms with Gasteiger partial charge in [0.1, 0.15) is 6.04 Å². The standard InChI is InChI=1S/C32H44N2O5S/c1-22-9-7-8-12-27(22)29-17-23(13-14-28(29)31(35)33-30(32(36)37)15-16-40-3)19-34-20-26(18-24(34)21-38-2)39-25-10-5-4-6-11-25/h7-9,12-14,17,24-26,30H,4-6,10-11,15-16,18-21H2,1-3H3,(H,33,35)(H,36,37)/t24?,26-,30+/m1/s1. The van der Waals surface area contributed by atoms with Crippen LogP contribution in [0.2, 0.25) is 0 Å². The average molecular weight is 569 g/mol. The molecule has 0 aromatic heterocycles. The second-order valence-corrected chi connectivity index (χ2v) is 12.1. The van der Waals surface area contributed by atoms with Crippen LogP contribution in [0.15, 0.2) is 42.5 Å². The van der Waals surface area contributed by atoms with Crippen molar-refractivity contribution < 1.29 is 24.2 Å². The van der Waals surface area contributed by atoms with Crippen molar-refractivity contribution in [1.29, 1.82) is 0 Å². The van der Waals surface area contributed by atoms with Crippen LogP contribution in [0.25, 0.3) is 11.1 Å². The predicted octanol–water partition coefficient (Wildman–Crippen LogP) is 5.54. The zero-order chi connectivity index (χ0) is 28.5. The number of methoxy groups -OCH3 is 1. The van der Waals surface area contributed by atoms with Crippen molar-refractivity contribution in [1.82, 2.24) is 10.2 Å². The third-order valence-corrected chi connectivity index (χ3v) is 8.79. The van der Waals surface area contributed by atoms with E-state index in [1.807, 2.05) is 49.6 Å². The second-order valence-electron chi connectivity index (χ2n) is 11.1. The topological polar surface area (TPSA) is 88.1 Å². The van der Waals surface area contributed by atoms with Gasteiger partial charge in [0.2, 0.25) is 0 Å². The first-order chi connectivity index (χ1) is 19.4. The molecule has 2 aliphatic rings. The SMILES string of the molecule is COCC1C[C@@H](OC2CCCCC2)CN1Cc1ccc(C(=O)N[C@@H](CCSC)C(=O)O)c(-c2ccccc2C)c1. The Morgan fingerprint density at radius 1 is 1.10 bits per heavy atom. The van der Waals surface area contributed by atoms with Crippen molar-refractivity contribution >= 4 is 23.6 Å². The van der Waals surface area contributed by atoms with E-state index >= 15 is 0 Å². The molecular weight excluding hydrogens is 524 g/mol. The molecule has 2 N–H and O–H groups in total. The van der Waals surface area contributed by atoms with E-state index in [0.717, 1.165) is 54.6 Å². The van der Waals surface area contributed by atoms with Gasteiger partial charge < -0.3 is 19.9 Å². The van der Waals surface area contributed by atoms with Crippen molar-refractivity contribution in [2.45, 2.75) is 82.7 Å². The Hall–Kier alpha value is -2.39. The zero-order valence-electron chi connectivity index (χ0n) is 24.1. The second kappa shape index (κ2) is 15.0. The third kappa shape index (κ3) is 8.09. The maximum absolute atomic E-state index is 13.4. The molecule has 0 spiro atoms. The van der Waals surface area contributed by atoms with Gasteiger partial charge in [0, 0.05) is 31.8 Å². The quantitative estimate of drug-likeness (QED) is 0.328. The lowest BCUT2D eigenvalue weighted by Gasteiger charge is -2.26. The molecule has 2 aromatic carbocycles. The van der Waals surface area contributed by atoms with Gasteiger partial charge in [-0.2, -0.15) is 11.8 Å². The number of thioether (sulfide) groups is 1. The zero-order valence-corrected chi connectivity index (χ0v) is 24.9. The van der Waals surface area contributed by atoms with Crippen LogP contribution in [0.1, 0.15) is 66.4 Å². The number of carboxylic acids is 1. The van der Waals surface area contributed by atoms with E-state index in [1.54, 1.807) is 18.9 Å². The van der Waals surface area contributed by atoms with Gasteiger partial charge in [-0.25, -0.2) is 4.79 Å². The Morgan fingerprint density at radius 3 is 2.58 bits per heavy atom. The monoisotopic (exact) mass is 568 g/mol. The lowest BCUT2D eigenvalue weighted by atomic mass is 9.93. The molecule has 0 bridgehead atoms. The Labute approximate surface area is 243 Å². The number of ether oxygens (including phenoxy) is 2. The number of amides is 1. The summed E-state index contributed by atoms with van der Waals surface area (Å²) >= 11 is 1.57. The molecule has 0 radical (unpaired) electrons. The average Bonchev–Trinajstić information content (AvgIpc) is 3.31. The molecule has 3 atom stereocenters. The molecule has 1 aliphatic carbocycles. The Kier molecular flexibility index (Phi) is 11.5. The maximum atomic E-state index is 13.4. The van der Waals surface area contributed by atoms with Crippen LogP contribution in [0, 0.1) is 6.92 Å². The molecule has 1 heterocycles. The fraction of sp³-hybridized carbons (Fsp3) is 0.562. The van der Waals surface area contributed by atoms with Crippen LogP contribution in [-0.2, 0) is 20.8 Å². The minimum absolute atomic E-state index is 0.207. The van der Waals surface area contributed by atoms with Gasteiger partial charge in [-0.15, -0.1) is 0 Å². The van der Waals surface area contributed by atoms with Crippen LogP contribution in [0.3, 0.4) is 0 Å². The lowest BCUT2D eigenvalue weighted by Crippen LogP contribution is -2.41. The van der Waals surface area contributed by atoms with E-state index < -0.39 is 12.0 Å². The molecule has 1 saturated carbocycles. The maximum Gasteiger partial charge on any atom is 0.326 e. The third-order valence-electron chi connectivity index (χ3n) is 8.15. The number of aryl methyl sites for hydroxylation is 1. The highest BCUT2D eigenvalue weighted by Gasteiger charge is 2.34. The van der Waals surface area contributed by atoms with E-state index in [1.165, 1.54) is 19.3 Å². The Morgan fingerprint density at radius 2 is 1.88 bits per heavy atom. The van der Waals surface area contributed by atoms with E-state index in [0.29, 0.717) is 30.4 Å². The molecule has 4 rings (SSSR count). The summed E-state index contributed by atoms with van der Waals surface area (Å²) in [7, 11) is 1.75. The minimum Gasteiger partial charge on any atom is -0.480 e. The number of carboxylic acid groups (broad SMARTS) is 1. The van der Waals surface area contributed by atoms with E-state index in [-0.39, 0.29) is 18.1 Å². The number of benzene rings is 2. The molecule has 2 fully saturated rings. The Bertz CT molecular complexity index is 1140. The molecule has 40 heavy (non-hydrogen) atoms. The molecular formula is C32H44N2O5S. The minimum atomic E-state index is -1.01. The summed E-state index contributed by atoms with van der Waals surface area (Å²) in [6, 6.07) is 13.3. The molecule has 1 amide bonds. The first kappa shape index (κ1) is 30.6. The summed E-state index contributed by atoms with van der Waals surface area (Å²) in [5.41, 5.74) is 4.44. The number of nitrogens with one attached hydrogen (secondary N) is 1. The van der Waals surface area contributed by atoms with Crippen LogP contribution >= 0.6 is 11.8 Å². The van der Waals surface area contributed by atoms with E-state index in [2.05, 4.69) is 16.3 Å². The van der Waals surface area contributed by atoms with Crippen molar-refractivity contribution in [2.24, 2.45) is 0 Å². The molecule has 2 aromatic rings. The number of aliphatic carboxylic acids is 1. The molecule has 218 valence electrons. The van der Waals surface area contributed by atoms with Crippen molar-refractivity contribution in [3.05, 3.63) is 59.2 Å². The number of hydrogen-bond acceptors (Lipinski definition) is 6. The Balaban J connectivity index is 1.56. The molecule has 1 unspecified atom stereocenters. The van der Waals surface area contributed by atoms with Crippen LogP contribution < -0.4 is 5.32 Å². The van der Waals surface area contributed by atoms with Gasteiger partial charge >= 0.3 is 5.97 Å². The predicted molar refractivity (Wildman–Crippen MR) is 161 cm³/mol. The summed E-state index contributed by atoms with van der Waals surface area (Å²) in [6.45, 7) is 4.28. The largest absolute Gasteiger partial charge is 0.480 e. The summed E-state index contributed by atoms with van der Waals surface area (Å²) in [4.78, 5) is 27.7. The molecule has 8 heteroatoms. The van der Waals surface area contributed by atoms with Crippen molar-refractivity contribution in [2.75, 3.05) is 32.3 Å². The van der Waals surface area contributed by atoms with E-state index in [9.17, 15) is 14.7 Å². The van der Waals surface area contributed by atoms with Gasteiger partial charge in [0.05, 0.1) is 18.8 Å². The van der Waals surface area contributed by atoms with Crippen LogP contribution in [0.4, 0.5) is 0 Å². The normalized spacial score (nSPS) is 20.9. The molecule has 1 saturated heterocycles. The van der Waals surface area contributed by atoms with Gasteiger partial charge in [-0.3, -0.25) is 9.69 Å².